The van der Waals surface area contributed by atoms with Crippen LogP contribution in [0, 0.1) is 5.92 Å². The van der Waals surface area contributed by atoms with Crippen LogP contribution in [0.2, 0.25) is 0 Å². The van der Waals surface area contributed by atoms with Crippen LogP contribution in [0.3, 0.4) is 0 Å². The zero-order valence-electron chi connectivity index (χ0n) is 16.2. The molecule has 1 amide bonds. The molecule has 0 aliphatic carbocycles. The van der Waals surface area contributed by atoms with Gasteiger partial charge in [-0.25, -0.2) is 4.79 Å². The minimum absolute atomic E-state index is 0.181. The Morgan fingerprint density at radius 1 is 1.07 bits per heavy atom. The molecule has 5 nitrogen and oxygen atoms in total. The van der Waals surface area contributed by atoms with Gasteiger partial charge in [-0.15, -0.1) is 0 Å². The molecule has 0 bridgehead atoms. The Hall–Kier alpha value is -2.82. The fourth-order valence-electron chi connectivity index (χ4n) is 2.96. The van der Waals surface area contributed by atoms with Crippen molar-refractivity contribution >= 4 is 17.6 Å². The van der Waals surface area contributed by atoms with Crippen LogP contribution in [0.5, 0.6) is 0 Å². The number of rotatable bonds is 9. The normalized spacial score (nSPS) is 11.9. The van der Waals surface area contributed by atoms with Crippen LogP contribution in [0.4, 0.5) is 5.69 Å². The molecule has 3 N–H and O–H groups in total. The van der Waals surface area contributed by atoms with Crippen molar-refractivity contribution in [2.24, 2.45) is 5.92 Å². The molecule has 27 heavy (non-hydrogen) atoms. The Labute approximate surface area is 160 Å². The molecule has 5 heteroatoms. The van der Waals surface area contributed by atoms with Gasteiger partial charge in [0.2, 0.25) is 0 Å². The summed E-state index contributed by atoms with van der Waals surface area (Å²) in [7, 11) is 0. The summed E-state index contributed by atoms with van der Waals surface area (Å²) in [6.07, 6.45) is 1.34. The van der Waals surface area contributed by atoms with E-state index < -0.39 is 12.0 Å². The van der Waals surface area contributed by atoms with Crippen LogP contribution in [0.25, 0.3) is 0 Å². The monoisotopic (exact) mass is 368 g/mol. The van der Waals surface area contributed by atoms with E-state index >= 15 is 0 Å². The van der Waals surface area contributed by atoms with E-state index in [9.17, 15) is 14.7 Å². The first-order valence-electron chi connectivity index (χ1n) is 9.35. The molecule has 0 saturated carbocycles. The van der Waals surface area contributed by atoms with E-state index in [1.807, 2.05) is 44.2 Å². The molecule has 144 valence electrons. The molecule has 0 aliphatic rings. The summed E-state index contributed by atoms with van der Waals surface area (Å²) in [6.45, 7) is 6.57. The summed E-state index contributed by atoms with van der Waals surface area (Å²) in [5.74, 6) is -1.19. The van der Waals surface area contributed by atoms with Crippen LogP contribution in [-0.2, 0) is 17.8 Å². The maximum absolute atomic E-state index is 12.5. The first kappa shape index (κ1) is 20.5. The summed E-state index contributed by atoms with van der Waals surface area (Å²) in [5, 5.41) is 15.3. The van der Waals surface area contributed by atoms with Gasteiger partial charge in [-0.2, -0.15) is 0 Å². The van der Waals surface area contributed by atoms with Crippen molar-refractivity contribution in [1.82, 2.24) is 5.32 Å². The SMILES string of the molecule is CCc1ccccc1NCc1cccc(C(=O)NC(CC(C)C)C(=O)O)c1. The van der Waals surface area contributed by atoms with Gasteiger partial charge in [-0.05, 0) is 48.1 Å². The Kier molecular flexibility index (Phi) is 7.41. The number of amides is 1. The van der Waals surface area contributed by atoms with Gasteiger partial charge in [0.05, 0.1) is 0 Å². The Bertz CT molecular complexity index is 787. The molecular weight excluding hydrogens is 340 g/mol. The zero-order valence-corrected chi connectivity index (χ0v) is 16.2. The summed E-state index contributed by atoms with van der Waals surface area (Å²) in [4.78, 5) is 23.8. The molecule has 0 radical (unpaired) electrons. The second kappa shape index (κ2) is 9.76. The Morgan fingerprint density at radius 3 is 2.48 bits per heavy atom. The quantitative estimate of drug-likeness (QED) is 0.623. The smallest absolute Gasteiger partial charge is 0.326 e. The van der Waals surface area contributed by atoms with Crippen LogP contribution < -0.4 is 10.6 Å². The highest BCUT2D eigenvalue weighted by atomic mass is 16.4. The van der Waals surface area contributed by atoms with Crippen molar-refractivity contribution in [3.05, 3.63) is 65.2 Å². The third-order valence-corrected chi connectivity index (χ3v) is 4.38. The highest BCUT2D eigenvalue weighted by Gasteiger charge is 2.21. The van der Waals surface area contributed by atoms with Gasteiger partial charge in [-0.3, -0.25) is 4.79 Å². The van der Waals surface area contributed by atoms with E-state index in [-0.39, 0.29) is 11.8 Å². The van der Waals surface area contributed by atoms with Crippen LogP contribution in [0.1, 0.15) is 48.7 Å². The number of carbonyl (C=O) groups is 2. The zero-order chi connectivity index (χ0) is 19.8. The average molecular weight is 368 g/mol. The molecule has 0 aliphatic heterocycles. The van der Waals surface area contributed by atoms with Gasteiger partial charge in [-0.1, -0.05) is 51.1 Å². The van der Waals surface area contributed by atoms with Gasteiger partial charge in [0.25, 0.3) is 5.91 Å². The minimum atomic E-state index is -1.01. The lowest BCUT2D eigenvalue weighted by molar-refractivity contribution is -0.139. The average Bonchev–Trinajstić information content (AvgIpc) is 2.65. The van der Waals surface area contributed by atoms with E-state index in [4.69, 9.17) is 0 Å². The van der Waals surface area contributed by atoms with Gasteiger partial charge < -0.3 is 15.7 Å². The number of carbonyl (C=O) groups excluding carboxylic acids is 1. The Morgan fingerprint density at radius 2 is 1.81 bits per heavy atom. The molecule has 2 aromatic carbocycles. The van der Waals surface area contributed by atoms with Gasteiger partial charge in [0.1, 0.15) is 6.04 Å². The number of benzene rings is 2. The third kappa shape index (κ3) is 6.13. The van der Waals surface area contributed by atoms with E-state index in [2.05, 4.69) is 23.6 Å². The van der Waals surface area contributed by atoms with Crippen LogP contribution in [0.15, 0.2) is 48.5 Å². The number of aryl methyl sites for hydroxylation is 1. The number of carboxylic acids is 1. The molecule has 0 heterocycles. The van der Waals surface area contributed by atoms with Gasteiger partial charge in [0, 0.05) is 17.8 Å². The van der Waals surface area contributed by atoms with E-state index in [1.165, 1.54) is 5.56 Å². The molecular formula is C22H28N2O3. The van der Waals surface area contributed by atoms with E-state index in [0.29, 0.717) is 18.5 Å². The summed E-state index contributed by atoms with van der Waals surface area (Å²) in [5.41, 5.74) is 3.75. The highest BCUT2D eigenvalue weighted by molar-refractivity contribution is 5.96. The van der Waals surface area contributed by atoms with E-state index in [1.54, 1.807) is 12.1 Å². The van der Waals surface area contributed by atoms with Crippen molar-refractivity contribution in [1.29, 1.82) is 0 Å². The topological polar surface area (TPSA) is 78.4 Å². The second-order valence-corrected chi connectivity index (χ2v) is 7.06. The second-order valence-electron chi connectivity index (χ2n) is 7.06. The first-order valence-corrected chi connectivity index (χ1v) is 9.35. The lowest BCUT2D eigenvalue weighted by atomic mass is 10.0. The molecule has 1 atom stereocenters. The molecule has 0 spiro atoms. The molecule has 1 unspecified atom stereocenters. The number of para-hydroxylation sites is 1. The fraction of sp³-hybridized carbons (Fsp3) is 0.364. The number of hydrogen-bond donors (Lipinski definition) is 3. The summed E-state index contributed by atoms with van der Waals surface area (Å²) in [6, 6.07) is 14.5. The largest absolute Gasteiger partial charge is 0.480 e. The van der Waals surface area contributed by atoms with Crippen LogP contribution >= 0.6 is 0 Å². The number of aliphatic carboxylic acids is 1. The van der Waals surface area contributed by atoms with Crippen molar-refractivity contribution in [2.45, 2.75) is 46.2 Å². The number of nitrogens with one attached hydrogen (secondary N) is 2. The Balaban J connectivity index is 2.05. The van der Waals surface area contributed by atoms with Crippen molar-refractivity contribution < 1.29 is 14.7 Å². The maximum atomic E-state index is 12.5. The predicted molar refractivity (Wildman–Crippen MR) is 108 cm³/mol. The van der Waals surface area contributed by atoms with Gasteiger partial charge >= 0.3 is 5.97 Å². The minimum Gasteiger partial charge on any atom is -0.480 e. The molecule has 0 fully saturated rings. The molecule has 2 rings (SSSR count). The highest BCUT2D eigenvalue weighted by Crippen LogP contribution is 2.17. The standard InChI is InChI=1S/C22H28N2O3/c1-4-17-9-5-6-11-19(17)23-14-16-8-7-10-18(13-16)21(25)24-20(22(26)27)12-15(2)3/h5-11,13,15,20,23H,4,12,14H2,1-3H3,(H,24,25)(H,26,27). The number of carboxylic acid groups (broad SMARTS) is 1. The maximum Gasteiger partial charge on any atom is 0.326 e. The molecule has 0 saturated heterocycles. The van der Waals surface area contributed by atoms with Gasteiger partial charge in [0.15, 0.2) is 0 Å². The van der Waals surface area contributed by atoms with Crippen molar-refractivity contribution in [3.8, 4) is 0 Å². The number of anilines is 1. The molecule has 2 aromatic rings. The lowest BCUT2D eigenvalue weighted by Crippen LogP contribution is -2.41. The van der Waals surface area contributed by atoms with Crippen LogP contribution in [-0.4, -0.2) is 23.0 Å². The predicted octanol–water partition coefficient (Wildman–Crippen LogP) is 4.09. The fourth-order valence-corrected chi connectivity index (χ4v) is 2.96. The lowest BCUT2D eigenvalue weighted by Gasteiger charge is -2.17. The summed E-state index contributed by atoms with van der Waals surface area (Å²) >= 11 is 0. The third-order valence-electron chi connectivity index (χ3n) is 4.38. The molecule has 0 aromatic heterocycles. The number of hydrogen-bond acceptors (Lipinski definition) is 3. The van der Waals surface area contributed by atoms with E-state index in [0.717, 1.165) is 17.7 Å². The first-order chi connectivity index (χ1) is 12.9. The van der Waals surface area contributed by atoms with Crippen molar-refractivity contribution in [2.75, 3.05) is 5.32 Å². The summed E-state index contributed by atoms with van der Waals surface area (Å²) < 4.78 is 0. The van der Waals surface area contributed by atoms with Crippen molar-refractivity contribution in [3.63, 3.8) is 0 Å².